The van der Waals surface area contributed by atoms with Gasteiger partial charge in [0.05, 0.1) is 0 Å². The highest BCUT2D eigenvalue weighted by Gasteiger charge is 2.35. The Labute approximate surface area is 89.7 Å². The summed E-state index contributed by atoms with van der Waals surface area (Å²) in [6, 6.07) is -0.0741. The topological polar surface area (TPSA) is 70.2 Å². The molecule has 1 aromatic heterocycles. The lowest BCUT2D eigenvalue weighted by atomic mass is 10.1. The van der Waals surface area contributed by atoms with Gasteiger partial charge in [0.1, 0.15) is 17.0 Å². The molecular formula is C8H4F5NO3. The van der Waals surface area contributed by atoms with Crippen molar-refractivity contribution in [2.24, 2.45) is 0 Å². The Morgan fingerprint density at radius 2 is 1.88 bits per heavy atom. The largest absolute Gasteiger partial charge is 0.477 e. The first-order valence-electron chi connectivity index (χ1n) is 4.00. The van der Waals surface area contributed by atoms with E-state index in [1.165, 1.54) is 4.98 Å². The van der Waals surface area contributed by atoms with Crippen LogP contribution in [-0.4, -0.2) is 16.1 Å². The maximum absolute atomic E-state index is 12.3. The van der Waals surface area contributed by atoms with Crippen molar-refractivity contribution in [3.8, 4) is 0 Å². The van der Waals surface area contributed by atoms with Gasteiger partial charge in [-0.3, -0.25) is 4.79 Å². The van der Waals surface area contributed by atoms with Crippen LogP contribution < -0.4 is 5.43 Å². The number of pyridine rings is 1. The summed E-state index contributed by atoms with van der Waals surface area (Å²) in [5, 5.41) is 8.45. The molecule has 1 heterocycles. The van der Waals surface area contributed by atoms with Crippen LogP contribution in [0.15, 0.2) is 10.9 Å². The number of H-pyrrole nitrogens is 1. The molecule has 0 aliphatic heterocycles. The SMILES string of the molecule is O=C(O)c1c(C(F)F)[nH]c(C(F)(F)F)cc1=O. The summed E-state index contributed by atoms with van der Waals surface area (Å²) >= 11 is 0. The summed E-state index contributed by atoms with van der Waals surface area (Å²) in [5.41, 5.74) is -6.30. The highest BCUT2D eigenvalue weighted by molar-refractivity contribution is 5.88. The Balaban J connectivity index is 3.59. The Morgan fingerprint density at radius 1 is 1.35 bits per heavy atom. The summed E-state index contributed by atoms with van der Waals surface area (Å²) < 4.78 is 61.2. The van der Waals surface area contributed by atoms with Gasteiger partial charge in [0.15, 0.2) is 5.43 Å². The molecule has 0 saturated heterocycles. The van der Waals surface area contributed by atoms with E-state index in [9.17, 15) is 31.5 Å². The predicted octanol–water partition coefficient (Wildman–Crippen LogP) is 2.03. The lowest BCUT2D eigenvalue weighted by molar-refractivity contribution is -0.141. The summed E-state index contributed by atoms with van der Waals surface area (Å²) in [5.74, 6) is -2.02. The van der Waals surface area contributed by atoms with Crippen molar-refractivity contribution < 1.29 is 31.9 Å². The number of carbonyl (C=O) groups is 1. The zero-order chi connectivity index (χ0) is 13.4. The number of aromatic carboxylic acids is 1. The van der Waals surface area contributed by atoms with Gasteiger partial charge in [0, 0.05) is 6.07 Å². The summed E-state index contributed by atoms with van der Waals surface area (Å²) in [4.78, 5) is 22.7. The second-order valence-corrected chi connectivity index (χ2v) is 2.94. The van der Waals surface area contributed by atoms with Gasteiger partial charge >= 0.3 is 12.1 Å². The number of aromatic nitrogens is 1. The van der Waals surface area contributed by atoms with E-state index in [0.717, 1.165) is 0 Å². The molecule has 2 N–H and O–H groups in total. The zero-order valence-electron chi connectivity index (χ0n) is 7.81. The molecule has 94 valence electrons. The standard InChI is InChI=1S/C8H4F5NO3/c9-6(10)5-4(7(16)17)2(15)1-3(14-5)8(11,12)13/h1,6H,(H,14,15)(H,16,17). The van der Waals surface area contributed by atoms with Gasteiger partial charge in [-0.05, 0) is 0 Å². The van der Waals surface area contributed by atoms with E-state index in [2.05, 4.69) is 0 Å². The van der Waals surface area contributed by atoms with Crippen molar-refractivity contribution in [3.05, 3.63) is 33.2 Å². The molecule has 0 fully saturated rings. The van der Waals surface area contributed by atoms with Gasteiger partial charge in [0.2, 0.25) is 0 Å². The Kier molecular flexibility index (Phi) is 3.21. The summed E-state index contributed by atoms with van der Waals surface area (Å²) in [6.45, 7) is 0. The smallest absolute Gasteiger partial charge is 0.431 e. The lowest BCUT2D eigenvalue weighted by Crippen LogP contribution is -2.23. The Bertz CT molecular complexity index is 505. The first-order valence-corrected chi connectivity index (χ1v) is 4.00. The van der Waals surface area contributed by atoms with E-state index in [0.29, 0.717) is 0 Å². The third-order valence-electron chi connectivity index (χ3n) is 1.80. The highest BCUT2D eigenvalue weighted by Crippen LogP contribution is 2.29. The molecule has 1 rings (SSSR count). The van der Waals surface area contributed by atoms with E-state index in [1.807, 2.05) is 0 Å². The van der Waals surface area contributed by atoms with E-state index < -0.39 is 41.0 Å². The van der Waals surface area contributed by atoms with E-state index in [4.69, 9.17) is 5.11 Å². The number of alkyl halides is 5. The first kappa shape index (κ1) is 13.1. The van der Waals surface area contributed by atoms with Gasteiger partial charge in [-0.25, -0.2) is 13.6 Å². The van der Waals surface area contributed by atoms with Crippen LogP contribution in [0.3, 0.4) is 0 Å². The average molecular weight is 257 g/mol. The molecule has 9 heteroatoms. The minimum atomic E-state index is -5.04. The van der Waals surface area contributed by atoms with Gasteiger partial charge in [-0.15, -0.1) is 0 Å². The molecule has 0 aromatic carbocycles. The fraction of sp³-hybridized carbons (Fsp3) is 0.250. The number of hydrogen-bond acceptors (Lipinski definition) is 2. The predicted molar refractivity (Wildman–Crippen MR) is 44.0 cm³/mol. The average Bonchev–Trinajstić information content (AvgIpc) is 2.13. The fourth-order valence-corrected chi connectivity index (χ4v) is 1.12. The molecule has 0 amide bonds. The molecular weight excluding hydrogens is 253 g/mol. The van der Waals surface area contributed by atoms with Crippen LogP contribution >= 0.6 is 0 Å². The van der Waals surface area contributed by atoms with Crippen LogP contribution in [-0.2, 0) is 6.18 Å². The Hall–Kier alpha value is -1.93. The number of carboxylic acids is 1. The van der Waals surface area contributed by atoms with Gasteiger partial charge in [0.25, 0.3) is 6.43 Å². The molecule has 0 aliphatic rings. The van der Waals surface area contributed by atoms with E-state index >= 15 is 0 Å². The van der Waals surface area contributed by atoms with Crippen LogP contribution in [0.2, 0.25) is 0 Å². The van der Waals surface area contributed by atoms with E-state index in [-0.39, 0.29) is 6.07 Å². The molecule has 4 nitrogen and oxygen atoms in total. The summed E-state index contributed by atoms with van der Waals surface area (Å²) in [7, 11) is 0. The van der Waals surface area contributed by atoms with Crippen molar-refractivity contribution in [1.82, 2.24) is 4.98 Å². The van der Waals surface area contributed by atoms with Gasteiger partial charge < -0.3 is 10.1 Å². The van der Waals surface area contributed by atoms with Crippen LogP contribution in [0.1, 0.15) is 28.2 Å². The number of nitrogens with one attached hydrogen (secondary N) is 1. The maximum Gasteiger partial charge on any atom is 0.431 e. The number of carboxylic acid groups (broad SMARTS) is 1. The third kappa shape index (κ3) is 2.60. The molecule has 0 unspecified atom stereocenters. The second kappa shape index (κ2) is 4.15. The number of rotatable bonds is 2. The Morgan fingerprint density at radius 3 is 2.24 bits per heavy atom. The third-order valence-corrected chi connectivity index (χ3v) is 1.80. The van der Waals surface area contributed by atoms with Crippen molar-refractivity contribution in [2.75, 3.05) is 0 Å². The first-order chi connectivity index (χ1) is 7.64. The molecule has 0 aliphatic carbocycles. The van der Waals surface area contributed by atoms with Crippen LogP contribution in [0, 0.1) is 0 Å². The minimum absolute atomic E-state index is 0.0741. The van der Waals surface area contributed by atoms with E-state index in [1.54, 1.807) is 0 Å². The second-order valence-electron chi connectivity index (χ2n) is 2.94. The molecule has 0 bridgehead atoms. The molecule has 0 saturated carbocycles. The minimum Gasteiger partial charge on any atom is -0.477 e. The maximum atomic E-state index is 12.3. The number of halogens is 5. The molecule has 0 spiro atoms. The highest BCUT2D eigenvalue weighted by atomic mass is 19.4. The molecule has 0 radical (unpaired) electrons. The summed E-state index contributed by atoms with van der Waals surface area (Å²) in [6.07, 6.45) is -8.57. The lowest BCUT2D eigenvalue weighted by Gasteiger charge is -2.10. The fourth-order valence-electron chi connectivity index (χ4n) is 1.12. The van der Waals surface area contributed by atoms with Crippen LogP contribution in [0.5, 0.6) is 0 Å². The monoisotopic (exact) mass is 257 g/mol. The van der Waals surface area contributed by atoms with Gasteiger partial charge in [-0.1, -0.05) is 0 Å². The van der Waals surface area contributed by atoms with Crippen molar-refractivity contribution in [1.29, 1.82) is 0 Å². The molecule has 17 heavy (non-hydrogen) atoms. The molecule has 0 atom stereocenters. The number of aromatic amines is 1. The van der Waals surface area contributed by atoms with Crippen LogP contribution in [0.25, 0.3) is 0 Å². The molecule has 1 aromatic rings. The van der Waals surface area contributed by atoms with Crippen molar-refractivity contribution in [3.63, 3.8) is 0 Å². The normalized spacial score (nSPS) is 11.9. The quantitative estimate of drug-likeness (QED) is 0.796. The van der Waals surface area contributed by atoms with Crippen LogP contribution in [0.4, 0.5) is 22.0 Å². The number of hydrogen-bond donors (Lipinski definition) is 2. The van der Waals surface area contributed by atoms with Crippen molar-refractivity contribution >= 4 is 5.97 Å². The zero-order valence-corrected chi connectivity index (χ0v) is 7.81. The van der Waals surface area contributed by atoms with Crippen molar-refractivity contribution in [2.45, 2.75) is 12.6 Å². The van der Waals surface area contributed by atoms with Gasteiger partial charge in [-0.2, -0.15) is 13.2 Å².